The number of ether oxygens (including phenoxy) is 4. The average molecular weight is 315 g/mol. The van der Waals surface area contributed by atoms with Crippen molar-refractivity contribution in [3.05, 3.63) is 41.5 Å². The summed E-state index contributed by atoms with van der Waals surface area (Å²) in [7, 11) is 4.86. The number of rotatable bonds is 5. The molecular formula is C18H21NO4. The molecule has 3 rings (SSSR count). The van der Waals surface area contributed by atoms with Crippen LogP contribution >= 0.6 is 0 Å². The topological polar surface area (TPSA) is 62.9 Å². The van der Waals surface area contributed by atoms with Crippen molar-refractivity contribution >= 4 is 5.69 Å². The maximum Gasteiger partial charge on any atom is 0.203 e. The van der Waals surface area contributed by atoms with Crippen LogP contribution in [0, 0.1) is 0 Å². The van der Waals surface area contributed by atoms with Crippen molar-refractivity contribution in [1.29, 1.82) is 0 Å². The van der Waals surface area contributed by atoms with Gasteiger partial charge in [0.1, 0.15) is 11.9 Å². The Hall–Kier alpha value is -2.56. The van der Waals surface area contributed by atoms with Gasteiger partial charge in [-0.3, -0.25) is 0 Å². The molecule has 0 amide bonds. The van der Waals surface area contributed by atoms with Crippen molar-refractivity contribution in [2.24, 2.45) is 0 Å². The summed E-state index contributed by atoms with van der Waals surface area (Å²) in [6, 6.07) is 9.77. The monoisotopic (exact) mass is 315 g/mol. The van der Waals surface area contributed by atoms with Gasteiger partial charge in [0.2, 0.25) is 5.75 Å². The van der Waals surface area contributed by atoms with E-state index in [2.05, 4.69) is 0 Å². The zero-order chi connectivity index (χ0) is 16.4. The number of nitrogen functional groups attached to an aromatic ring is 1. The van der Waals surface area contributed by atoms with E-state index in [9.17, 15) is 0 Å². The number of methoxy groups -OCH3 is 3. The Morgan fingerprint density at radius 1 is 1.04 bits per heavy atom. The van der Waals surface area contributed by atoms with E-state index in [-0.39, 0.29) is 6.10 Å². The van der Waals surface area contributed by atoms with Crippen molar-refractivity contribution in [2.45, 2.75) is 18.9 Å². The molecular weight excluding hydrogens is 294 g/mol. The smallest absolute Gasteiger partial charge is 0.203 e. The summed E-state index contributed by atoms with van der Waals surface area (Å²) in [5.41, 5.74) is 8.86. The summed E-state index contributed by atoms with van der Waals surface area (Å²) in [5.74, 6) is 2.80. The Balaban J connectivity index is 1.78. The van der Waals surface area contributed by atoms with E-state index in [0.29, 0.717) is 22.9 Å². The molecule has 122 valence electrons. The van der Waals surface area contributed by atoms with Gasteiger partial charge in [0.05, 0.1) is 27.0 Å². The molecule has 1 aliphatic heterocycles. The molecule has 2 N–H and O–H groups in total. The molecule has 5 heteroatoms. The fourth-order valence-corrected chi connectivity index (χ4v) is 2.97. The van der Waals surface area contributed by atoms with Crippen LogP contribution in [0.4, 0.5) is 5.69 Å². The minimum atomic E-state index is 0.0544. The van der Waals surface area contributed by atoms with Crippen LogP contribution in [-0.4, -0.2) is 27.4 Å². The first-order chi connectivity index (χ1) is 11.2. The van der Waals surface area contributed by atoms with Gasteiger partial charge in [-0.2, -0.15) is 0 Å². The first kappa shape index (κ1) is 15.3. The Morgan fingerprint density at radius 3 is 2.43 bits per heavy atom. The van der Waals surface area contributed by atoms with Gasteiger partial charge in [-0.15, -0.1) is 0 Å². The third-order valence-electron chi connectivity index (χ3n) is 4.07. The summed E-state index contributed by atoms with van der Waals surface area (Å²) in [6.07, 6.45) is 1.66. The highest BCUT2D eigenvalue weighted by molar-refractivity contribution is 5.58. The second-order valence-electron chi connectivity index (χ2n) is 5.51. The molecule has 1 unspecified atom stereocenters. The molecule has 0 radical (unpaired) electrons. The normalized spacial score (nSPS) is 15.7. The molecule has 1 heterocycles. The van der Waals surface area contributed by atoms with Crippen LogP contribution in [0.15, 0.2) is 30.3 Å². The Kier molecular flexibility index (Phi) is 4.19. The van der Waals surface area contributed by atoms with E-state index >= 15 is 0 Å². The van der Waals surface area contributed by atoms with Crippen molar-refractivity contribution in [3.8, 4) is 23.0 Å². The van der Waals surface area contributed by atoms with Gasteiger partial charge in [0.15, 0.2) is 11.5 Å². The average Bonchev–Trinajstić information content (AvgIpc) is 2.96. The fourth-order valence-electron chi connectivity index (χ4n) is 2.97. The first-order valence-electron chi connectivity index (χ1n) is 7.49. The minimum Gasteiger partial charge on any atom is -0.495 e. The quantitative estimate of drug-likeness (QED) is 0.860. The van der Waals surface area contributed by atoms with Gasteiger partial charge >= 0.3 is 0 Å². The highest BCUT2D eigenvalue weighted by Crippen LogP contribution is 2.44. The predicted octanol–water partition coefficient (Wildman–Crippen LogP) is 2.84. The molecule has 0 spiro atoms. The molecule has 1 atom stereocenters. The SMILES string of the molecule is COc1ccc(CC2Cc3ccc(OC)c(OC)c3O2)cc1N. The van der Waals surface area contributed by atoms with Crippen LogP contribution in [0.25, 0.3) is 0 Å². The van der Waals surface area contributed by atoms with E-state index in [0.717, 1.165) is 29.7 Å². The van der Waals surface area contributed by atoms with Crippen LogP contribution in [-0.2, 0) is 12.8 Å². The van der Waals surface area contributed by atoms with Crippen molar-refractivity contribution in [2.75, 3.05) is 27.1 Å². The van der Waals surface area contributed by atoms with Gasteiger partial charge in [-0.25, -0.2) is 0 Å². The van der Waals surface area contributed by atoms with Gasteiger partial charge in [0, 0.05) is 18.4 Å². The van der Waals surface area contributed by atoms with E-state index in [1.54, 1.807) is 21.3 Å². The highest BCUT2D eigenvalue weighted by atomic mass is 16.5. The summed E-state index contributed by atoms with van der Waals surface area (Å²) >= 11 is 0. The van der Waals surface area contributed by atoms with Crippen molar-refractivity contribution < 1.29 is 18.9 Å². The first-order valence-corrected chi connectivity index (χ1v) is 7.49. The van der Waals surface area contributed by atoms with Crippen LogP contribution in [0.2, 0.25) is 0 Å². The van der Waals surface area contributed by atoms with E-state index in [1.807, 2.05) is 30.3 Å². The molecule has 5 nitrogen and oxygen atoms in total. The van der Waals surface area contributed by atoms with E-state index in [4.69, 9.17) is 24.7 Å². The number of fused-ring (bicyclic) bond motifs is 1. The molecule has 2 aromatic carbocycles. The third-order valence-corrected chi connectivity index (χ3v) is 4.07. The maximum absolute atomic E-state index is 6.09. The standard InChI is InChI=1S/C18H21NO4/c1-20-15-6-4-11(9-14(15)19)8-13-10-12-5-7-16(21-2)18(22-3)17(12)23-13/h4-7,9,13H,8,10,19H2,1-3H3. The van der Waals surface area contributed by atoms with Crippen molar-refractivity contribution in [3.63, 3.8) is 0 Å². The lowest BCUT2D eigenvalue weighted by atomic mass is 10.0. The molecule has 23 heavy (non-hydrogen) atoms. The third kappa shape index (κ3) is 2.86. The number of hydrogen-bond donors (Lipinski definition) is 1. The maximum atomic E-state index is 6.09. The number of benzene rings is 2. The lowest BCUT2D eigenvalue weighted by molar-refractivity contribution is 0.221. The number of nitrogens with two attached hydrogens (primary N) is 1. The Morgan fingerprint density at radius 2 is 1.78 bits per heavy atom. The second kappa shape index (κ2) is 6.28. The largest absolute Gasteiger partial charge is 0.495 e. The zero-order valence-corrected chi connectivity index (χ0v) is 13.6. The minimum absolute atomic E-state index is 0.0544. The summed E-state index contributed by atoms with van der Waals surface area (Å²) < 4.78 is 22.0. The van der Waals surface area contributed by atoms with Crippen LogP contribution in [0.1, 0.15) is 11.1 Å². The second-order valence-corrected chi connectivity index (χ2v) is 5.51. The molecule has 0 aromatic heterocycles. The van der Waals surface area contributed by atoms with Gasteiger partial charge in [-0.05, 0) is 23.8 Å². The summed E-state index contributed by atoms with van der Waals surface area (Å²) in [6.45, 7) is 0. The molecule has 2 aromatic rings. The van der Waals surface area contributed by atoms with Crippen molar-refractivity contribution in [1.82, 2.24) is 0 Å². The number of anilines is 1. The van der Waals surface area contributed by atoms with Crippen LogP contribution in [0.3, 0.4) is 0 Å². The van der Waals surface area contributed by atoms with E-state index < -0.39 is 0 Å². The fraction of sp³-hybridized carbons (Fsp3) is 0.333. The van der Waals surface area contributed by atoms with Gasteiger partial charge in [0.25, 0.3) is 0 Å². The highest BCUT2D eigenvalue weighted by Gasteiger charge is 2.28. The van der Waals surface area contributed by atoms with E-state index in [1.165, 1.54) is 0 Å². The Labute approximate surface area is 135 Å². The lowest BCUT2D eigenvalue weighted by Crippen LogP contribution is -2.16. The lowest BCUT2D eigenvalue weighted by Gasteiger charge is -2.14. The number of hydrogen-bond acceptors (Lipinski definition) is 5. The molecule has 0 saturated heterocycles. The Bertz CT molecular complexity index is 714. The van der Waals surface area contributed by atoms with Crippen LogP contribution < -0.4 is 24.7 Å². The molecule has 0 aliphatic carbocycles. The molecule has 0 saturated carbocycles. The predicted molar refractivity (Wildman–Crippen MR) is 88.8 cm³/mol. The summed E-state index contributed by atoms with van der Waals surface area (Å²) in [4.78, 5) is 0. The van der Waals surface area contributed by atoms with Gasteiger partial charge < -0.3 is 24.7 Å². The molecule has 0 bridgehead atoms. The molecule has 1 aliphatic rings. The summed E-state index contributed by atoms with van der Waals surface area (Å²) in [5, 5.41) is 0. The zero-order valence-electron chi connectivity index (χ0n) is 13.6. The van der Waals surface area contributed by atoms with Crippen LogP contribution in [0.5, 0.6) is 23.0 Å². The molecule has 0 fully saturated rings. The van der Waals surface area contributed by atoms with Gasteiger partial charge in [-0.1, -0.05) is 12.1 Å².